The van der Waals surface area contributed by atoms with Gasteiger partial charge in [-0.05, 0) is 63.7 Å². The first-order valence-corrected chi connectivity index (χ1v) is 14.2. The van der Waals surface area contributed by atoms with Crippen LogP contribution < -0.4 is 10.2 Å². The molecule has 1 aromatic carbocycles. The van der Waals surface area contributed by atoms with Crippen LogP contribution in [0.1, 0.15) is 36.8 Å². The Morgan fingerprint density at radius 2 is 1.75 bits per heavy atom. The third-order valence-corrected chi connectivity index (χ3v) is 7.87. The first kappa shape index (κ1) is 27.9. The Kier molecular flexibility index (Phi) is 8.81. The van der Waals surface area contributed by atoms with Crippen LogP contribution in [0.15, 0.2) is 29.5 Å². The summed E-state index contributed by atoms with van der Waals surface area (Å²) in [6.45, 7) is 7.06. The molecule has 0 aliphatic carbocycles. The van der Waals surface area contributed by atoms with Gasteiger partial charge in [-0.2, -0.15) is 0 Å². The molecule has 2 aliphatic rings. The number of aromatic amines is 1. The molecule has 0 radical (unpaired) electrons. The second-order valence-corrected chi connectivity index (χ2v) is 11.0. The van der Waals surface area contributed by atoms with Gasteiger partial charge >= 0.3 is 0 Å². The maximum absolute atomic E-state index is 12.7. The van der Waals surface area contributed by atoms with Crippen LogP contribution >= 0.6 is 0 Å². The van der Waals surface area contributed by atoms with Gasteiger partial charge in [0.05, 0.1) is 16.6 Å². The Balaban J connectivity index is 1.48. The van der Waals surface area contributed by atoms with Gasteiger partial charge in [0.15, 0.2) is 5.88 Å². The average Bonchev–Trinajstić information content (AvgIpc) is 3.27. The Labute approximate surface area is 235 Å². The maximum atomic E-state index is 12.7. The van der Waals surface area contributed by atoms with Gasteiger partial charge in [-0.3, -0.25) is 9.79 Å². The average molecular weight is 548 g/mol. The largest absolute Gasteiger partial charge is 0.494 e. The molecular weight excluding hydrogens is 506 g/mol. The fourth-order valence-corrected chi connectivity index (χ4v) is 5.43. The van der Waals surface area contributed by atoms with E-state index in [4.69, 9.17) is 4.99 Å². The number of carbonyl (C=O) groups excluding carboxylic acids is 1. The highest BCUT2D eigenvalue weighted by atomic mass is 16.3. The summed E-state index contributed by atoms with van der Waals surface area (Å²) < 4.78 is 0. The number of aromatic hydroxyl groups is 1. The summed E-state index contributed by atoms with van der Waals surface area (Å²) in [6, 6.07) is 6.37. The van der Waals surface area contributed by atoms with Crippen LogP contribution in [0.4, 0.5) is 17.2 Å². The number of benzene rings is 1. The van der Waals surface area contributed by atoms with Crippen LogP contribution in [0.3, 0.4) is 0 Å². The van der Waals surface area contributed by atoms with Crippen LogP contribution in [-0.2, 0) is 11.3 Å². The molecule has 40 heavy (non-hydrogen) atoms. The van der Waals surface area contributed by atoms with Crippen LogP contribution in [0.25, 0.3) is 11.0 Å². The molecule has 11 heteroatoms. The summed E-state index contributed by atoms with van der Waals surface area (Å²) in [7, 11) is 6.18. The van der Waals surface area contributed by atoms with E-state index < -0.39 is 0 Å². The van der Waals surface area contributed by atoms with E-state index in [0.717, 1.165) is 64.2 Å². The Morgan fingerprint density at radius 3 is 2.58 bits per heavy atom. The van der Waals surface area contributed by atoms with Crippen LogP contribution in [0.2, 0.25) is 0 Å². The standard InChI is InChI=1S/C29H41N9O2/c1-35-13-15-38(16-14-35)24-9-8-22-17-21(24)19-36(2)11-5-4-7-25(39)37(3)12-6-10-30-27-26-23(18-31-22)29(40)34-28(26)33-20-32-27/h8-9,17-18,20,40H,4-7,10-16,19H2,1-3H3,(H2,30,32,33,34). The second-order valence-electron chi connectivity index (χ2n) is 11.0. The lowest BCUT2D eigenvalue weighted by atomic mass is 10.1. The van der Waals surface area contributed by atoms with Gasteiger partial charge in [0.2, 0.25) is 5.91 Å². The predicted octanol–water partition coefficient (Wildman–Crippen LogP) is 3.04. The molecule has 2 aromatic heterocycles. The summed E-state index contributed by atoms with van der Waals surface area (Å²) >= 11 is 0. The number of rotatable bonds is 1. The third-order valence-electron chi connectivity index (χ3n) is 7.87. The van der Waals surface area contributed by atoms with Crippen molar-refractivity contribution in [1.82, 2.24) is 29.7 Å². The minimum atomic E-state index is 0.00350. The number of nitrogens with one attached hydrogen (secondary N) is 2. The molecule has 1 saturated heterocycles. The number of aliphatic imine (C=N–C) groups is 1. The molecule has 214 valence electrons. The zero-order chi connectivity index (χ0) is 28.1. The SMILES string of the molecule is CN1CCN(c2ccc3cc2CN(C)CCCCC(=O)N(C)CCCNc2ncnc4[nH]c(O)c(c24)C=N3)CC1. The number of aromatic nitrogens is 3. The molecule has 1 fully saturated rings. The van der Waals surface area contributed by atoms with Crippen LogP contribution in [-0.4, -0.2) is 114 Å². The number of piperazine rings is 1. The van der Waals surface area contributed by atoms with Crippen molar-refractivity contribution in [2.24, 2.45) is 4.99 Å². The van der Waals surface area contributed by atoms with Crippen molar-refractivity contribution in [3.05, 3.63) is 35.7 Å². The fraction of sp³-hybridized carbons (Fsp3) is 0.517. The van der Waals surface area contributed by atoms with Crippen LogP contribution in [0.5, 0.6) is 5.88 Å². The van der Waals surface area contributed by atoms with Crippen molar-refractivity contribution in [3.63, 3.8) is 0 Å². The highest BCUT2D eigenvalue weighted by Gasteiger charge is 2.19. The van der Waals surface area contributed by atoms with Crippen LogP contribution in [0, 0.1) is 0 Å². The summed E-state index contributed by atoms with van der Waals surface area (Å²) in [4.78, 5) is 38.1. The third kappa shape index (κ3) is 6.53. The minimum Gasteiger partial charge on any atom is -0.494 e. The lowest BCUT2D eigenvalue weighted by molar-refractivity contribution is -0.130. The first-order chi connectivity index (χ1) is 19.4. The number of carbonyl (C=O) groups is 1. The van der Waals surface area contributed by atoms with Gasteiger partial charge in [0, 0.05) is 71.2 Å². The van der Waals surface area contributed by atoms with E-state index >= 15 is 0 Å². The van der Waals surface area contributed by atoms with Crippen molar-refractivity contribution in [1.29, 1.82) is 0 Å². The lowest BCUT2D eigenvalue weighted by Gasteiger charge is -2.35. The number of nitrogens with zero attached hydrogens (tertiary/aromatic N) is 7. The van der Waals surface area contributed by atoms with Gasteiger partial charge in [-0.25, -0.2) is 9.97 Å². The molecule has 2 aliphatic heterocycles. The minimum absolute atomic E-state index is 0.00350. The number of hydrogen-bond acceptors (Lipinski definition) is 9. The van der Waals surface area contributed by atoms with Gasteiger partial charge in [0.1, 0.15) is 17.8 Å². The summed E-state index contributed by atoms with van der Waals surface area (Å²) in [5, 5.41) is 14.8. The molecule has 5 rings (SSSR count). The van der Waals surface area contributed by atoms with E-state index in [-0.39, 0.29) is 11.8 Å². The molecule has 0 unspecified atom stereocenters. The number of anilines is 2. The number of amides is 1. The Bertz CT molecular complexity index is 1350. The Morgan fingerprint density at radius 1 is 0.925 bits per heavy atom. The summed E-state index contributed by atoms with van der Waals surface area (Å²) in [5.74, 6) is 0.809. The highest BCUT2D eigenvalue weighted by molar-refractivity contribution is 6.06. The number of fused-ring (bicyclic) bond motifs is 2. The normalized spacial score (nSPS) is 19.1. The monoisotopic (exact) mass is 547 g/mol. The topological polar surface area (TPSA) is 116 Å². The lowest BCUT2D eigenvalue weighted by Crippen LogP contribution is -2.45. The van der Waals surface area contributed by atoms with Crippen molar-refractivity contribution in [3.8, 4) is 5.88 Å². The number of H-pyrrole nitrogens is 1. The molecule has 0 saturated carbocycles. The predicted molar refractivity (Wildman–Crippen MR) is 160 cm³/mol. The zero-order valence-corrected chi connectivity index (χ0v) is 23.9. The fourth-order valence-electron chi connectivity index (χ4n) is 5.43. The van der Waals surface area contributed by atoms with Crippen molar-refractivity contribution >= 4 is 40.3 Å². The van der Waals surface area contributed by atoms with E-state index in [9.17, 15) is 9.90 Å². The highest BCUT2D eigenvalue weighted by Crippen LogP contribution is 2.31. The van der Waals surface area contributed by atoms with E-state index in [0.29, 0.717) is 41.9 Å². The van der Waals surface area contributed by atoms with Gasteiger partial charge in [-0.15, -0.1) is 0 Å². The number of hydrogen-bond donors (Lipinski definition) is 3. The smallest absolute Gasteiger partial charge is 0.222 e. The number of likely N-dealkylation sites (N-methyl/N-ethyl adjacent to an activating group) is 1. The Hall–Kier alpha value is -3.70. The van der Waals surface area contributed by atoms with E-state index in [1.54, 1.807) is 6.21 Å². The first-order valence-electron chi connectivity index (χ1n) is 14.2. The van der Waals surface area contributed by atoms with E-state index in [1.807, 2.05) is 18.0 Å². The van der Waals surface area contributed by atoms with Gasteiger partial charge in [0.25, 0.3) is 0 Å². The summed E-state index contributed by atoms with van der Waals surface area (Å²) in [5.41, 5.74) is 4.37. The van der Waals surface area contributed by atoms with E-state index in [1.165, 1.54) is 17.6 Å². The van der Waals surface area contributed by atoms with Gasteiger partial charge in [-0.1, -0.05) is 0 Å². The molecule has 0 atom stereocenters. The van der Waals surface area contributed by atoms with Gasteiger partial charge < -0.3 is 35.0 Å². The molecule has 1 amide bonds. The molecule has 2 bridgehead atoms. The summed E-state index contributed by atoms with van der Waals surface area (Å²) in [6.07, 6.45) is 6.34. The zero-order valence-electron chi connectivity index (χ0n) is 23.9. The van der Waals surface area contributed by atoms with Crippen molar-refractivity contribution < 1.29 is 9.90 Å². The van der Waals surface area contributed by atoms with Crippen molar-refractivity contribution in [2.75, 3.05) is 77.2 Å². The molecule has 0 spiro atoms. The molecule has 3 N–H and O–H groups in total. The molecule has 4 heterocycles. The van der Waals surface area contributed by atoms with Crippen molar-refractivity contribution in [2.45, 2.75) is 32.2 Å². The molecule has 3 aromatic rings. The van der Waals surface area contributed by atoms with E-state index in [2.05, 4.69) is 61.2 Å². The second kappa shape index (κ2) is 12.6. The maximum Gasteiger partial charge on any atom is 0.222 e. The molecular formula is C29H41N9O2. The quantitative estimate of drug-likeness (QED) is 0.426. The molecule has 11 nitrogen and oxygen atoms in total.